The molecule has 1 N–H and O–H groups in total. The number of pyridine rings is 1. The molecular weight excluding hydrogens is 504 g/mol. The lowest BCUT2D eigenvalue weighted by molar-refractivity contribution is 0.602. The topological polar surface area (TPSA) is 110 Å². The summed E-state index contributed by atoms with van der Waals surface area (Å²) in [6, 6.07) is 9.35. The Morgan fingerprint density at radius 2 is 1.76 bits per heavy atom. The second-order valence-corrected chi connectivity index (χ2v) is 13.3. The number of fused-ring (bicyclic) bond motifs is 1. The summed E-state index contributed by atoms with van der Waals surface area (Å²) in [5.41, 5.74) is 7.10. The van der Waals surface area contributed by atoms with Gasteiger partial charge in [-0.25, -0.2) is 18.4 Å². The van der Waals surface area contributed by atoms with E-state index in [1.54, 1.807) is 17.8 Å². The van der Waals surface area contributed by atoms with Gasteiger partial charge in [-0.15, -0.1) is 11.8 Å². The summed E-state index contributed by atoms with van der Waals surface area (Å²) in [6.07, 6.45) is 2.43. The second-order valence-electron chi connectivity index (χ2n) is 10.3. The minimum atomic E-state index is -3.52. The lowest BCUT2D eigenvalue weighted by Crippen LogP contribution is -2.15. The van der Waals surface area contributed by atoms with Gasteiger partial charge in [-0.3, -0.25) is 15.0 Å². The lowest BCUT2D eigenvalue weighted by Gasteiger charge is -2.16. The summed E-state index contributed by atoms with van der Waals surface area (Å²) in [5.74, 6) is 1.59. The zero-order valence-electron chi connectivity index (χ0n) is 21.9. The molecule has 4 heterocycles. The highest BCUT2D eigenvalue weighted by molar-refractivity contribution is 8.14. The van der Waals surface area contributed by atoms with E-state index in [4.69, 9.17) is 15.0 Å². The number of hydrogen-bond donors (Lipinski definition) is 1. The molecule has 2 aromatic heterocycles. The van der Waals surface area contributed by atoms with Crippen LogP contribution in [0, 0.1) is 13.8 Å². The van der Waals surface area contributed by atoms with Crippen molar-refractivity contribution in [2.24, 2.45) is 9.98 Å². The van der Waals surface area contributed by atoms with E-state index in [-0.39, 0.29) is 10.4 Å². The molecule has 0 atom stereocenters. The van der Waals surface area contributed by atoms with Crippen molar-refractivity contribution >= 4 is 49.4 Å². The van der Waals surface area contributed by atoms with Crippen molar-refractivity contribution in [3.63, 3.8) is 0 Å². The summed E-state index contributed by atoms with van der Waals surface area (Å²) in [5, 5.41) is 4.24. The highest BCUT2D eigenvalue weighted by atomic mass is 32.2. The Labute approximate surface area is 222 Å². The average Bonchev–Trinajstić information content (AvgIpc) is 3.33. The molecule has 5 rings (SSSR count). The van der Waals surface area contributed by atoms with Crippen LogP contribution in [0.2, 0.25) is 0 Å². The van der Waals surface area contributed by atoms with Crippen molar-refractivity contribution in [2.45, 2.75) is 57.9 Å². The van der Waals surface area contributed by atoms with Gasteiger partial charge in [0.1, 0.15) is 11.5 Å². The van der Waals surface area contributed by atoms with E-state index in [0.29, 0.717) is 18.5 Å². The Balaban J connectivity index is 1.55. The molecule has 192 valence electrons. The van der Waals surface area contributed by atoms with Crippen LogP contribution >= 0.6 is 11.8 Å². The molecule has 0 saturated carbocycles. The highest BCUT2D eigenvalue weighted by Gasteiger charge is 2.27. The first-order chi connectivity index (χ1) is 17.4. The number of rotatable bonds is 6. The van der Waals surface area contributed by atoms with Crippen molar-refractivity contribution in [3.05, 3.63) is 64.5 Å². The van der Waals surface area contributed by atoms with Gasteiger partial charge in [0, 0.05) is 47.5 Å². The molecule has 3 aromatic rings. The Kier molecular flexibility index (Phi) is 6.44. The second kappa shape index (κ2) is 9.33. The van der Waals surface area contributed by atoms with Crippen molar-refractivity contribution in [3.8, 4) is 0 Å². The molecule has 0 unspecified atom stereocenters. The van der Waals surface area contributed by atoms with Gasteiger partial charge in [0.05, 0.1) is 38.2 Å². The Morgan fingerprint density at radius 3 is 2.43 bits per heavy atom. The largest absolute Gasteiger partial charge is 0.353 e. The number of sulfone groups is 1. The van der Waals surface area contributed by atoms with Crippen LogP contribution in [0.15, 0.2) is 45.2 Å². The minimum Gasteiger partial charge on any atom is -0.353 e. The molecule has 0 radical (unpaired) electrons. The number of aliphatic imine (C=N–C) groups is 2. The number of thioether (sulfide) groups is 1. The van der Waals surface area contributed by atoms with Gasteiger partial charge in [-0.2, -0.15) is 0 Å². The minimum absolute atomic E-state index is 0.160. The summed E-state index contributed by atoms with van der Waals surface area (Å²) in [6.45, 7) is 9.96. The van der Waals surface area contributed by atoms with E-state index in [1.165, 1.54) is 6.26 Å². The number of nitrogens with one attached hydrogen (secondary N) is 1. The standard InChI is InChI=1S/C27H30N6O2S2/c1-15-9-19(30-17(3)28-15)12-20-13-23(25-22(31-20)10-16(2)29-25)32-21-8-7-18(11-24(21)37(6,34)35)26-33-27(4,5)14-36-26/h7-9,11,13H,10,12,14H2,1-6H3,(H,31,32). The van der Waals surface area contributed by atoms with E-state index in [1.807, 2.05) is 45.0 Å². The van der Waals surface area contributed by atoms with Crippen LogP contribution in [0.5, 0.6) is 0 Å². The molecule has 2 aliphatic heterocycles. The van der Waals surface area contributed by atoms with E-state index in [2.05, 4.69) is 29.1 Å². The summed E-state index contributed by atoms with van der Waals surface area (Å²) in [4.78, 5) is 23.5. The fraction of sp³-hybridized carbons (Fsp3) is 0.370. The first-order valence-corrected chi connectivity index (χ1v) is 15.0. The lowest BCUT2D eigenvalue weighted by atomic mass is 10.1. The summed E-state index contributed by atoms with van der Waals surface area (Å²) in [7, 11) is -3.52. The van der Waals surface area contributed by atoms with Gasteiger partial charge in [0.2, 0.25) is 0 Å². The van der Waals surface area contributed by atoms with Crippen LogP contribution in [0.1, 0.15) is 54.9 Å². The molecule has 1 aromatic carbocycles. The van der Waals surface area contributed by atoms with Crippen molar-refractivity contribution in [1.29, 1.82) is 0 Å². The van der Waals surface area contributed by atoms with Crippen molar-refractivity contribution in [2.75, 3.05) is 17.3 Å². The van der Waals surface area contributed by atoms with Crippen LogP contribution in [0.25, 0.3) is 0 Å². The Hall–Kier alpha value is -3.11. The molecule has 2 aliphatic rings. The third kappa shape index (κ3) is 5.60. The molecule has 0 amide bonds. The van der Waals surface area contributed by atoms with Gasteiger partial charge >= 0.3 is 0 Å². The van der Waals surface area contributed by atoms with Crippen LogP contribution in [-0.4, -0.2) is 51.7 Å². The third-order valence-electron chi connectivity index (χ3n) is 6.09. The number of nitrogens with zero attached hydrogens (tertiary/aromatic N) is 5. The molecule has 0 fully saturated rings. The first kappa shape index (κ1) is 25.5. The maximum Gasteiger partial charge on any atom is 0.177 e. The van der Waals surface area contributed by atoms with Crippen LogP contribution in [0.3, 0.4) is 0 Å². The van der Waals surface area contributed by atoms with E-state index in [0.717, 1.165) is 62.0 Å². The number of aryl methyl sites for hydroxylation is 2. The van der Waals surface area contributed by atoms with Gasteiger partial charge in [-0.1, -0.05) is 6.07 Å². The Bertz CT molecular complexity index is 1570. The average molecular weight is 535 g/mol. The molecule has 0 saturated heterocycles. The molecule has 8 nitrogen and oxygen atoms in total. The Morgan fingerprint density at radius 1 is 1.00 bits per heavy atom. The number of aromatic nitrogens is 3. The van der Waals surface area contributed by atoms with Crippen LogP contribution < -0.4 is 5.32 Å². The summed E-state index contributed by atoms with van der Waals surface area (Å²) >= 11 is 1.65. The molecular formula is C27H30N6O2S2. The summed E-state index contributed by atoms with van der Waals surface area (Å²) < 4.78 is 25.7. The van der Waals surface area contributed by atoms with Crippen LogP contribution in [0.4, 0.5) is 17.1 Å². The molecule has 0 spiro atoms. The molecule has 0 aliphatic carbocycles. The number of benzene rings is 1. The van der Waals surface area contributed by atoms with Crippen molar-refractivity contribution in [1.82, 2.24) is 15.0 Å². The fourth-order valence-corrected chi connectivity index (χ4v) is 6.59. The predicted octanol–water partition coefficient (Wildman–Crippen LogP) is 5.15. The first-order valence-electron chi connectivity index (χ1n) is 12.1. The van der Waals surface area contributed by atoms with E-state index in [9.17, 15) is 8.42 Å². The zero-order chi connectivity index (χ0) is 26.5. The van der Waals surface area contributed by atoms with Gasteiger partial charge in [-0.05, 0) is 58.9 Å². The SMILES string of the molecule is CC1=Nc2c(Nc3ccc(C4=NC(C)(C)CS4)cc3S(C)(=O)=O)cc(Cc3cc(C)nc(C)n3)nc2C1. The predicted molar refractivity (Wildman–Crippen MR) is 151 cm³/mol. The number of anilines is 2. The normalized spacial score (nSPS) is 16.4. The zero-order valence-corrected chi connectivity index (χ0v) is 23.5. The van der Waals surface area contributed by atoms with Crippen LogP contribution in [-0.2, 0) is 22.7 Å². The van der Waals surface area contributed by atoms with Gasteiger partial charge in [0.15, 0.2) is 9.84 Å². The van der Waals surface area contributed by atoms with E-state index >= 15 is 0 Å². The van der Waals surface area contributed by atoms with E-state index < -0.39 is 9.84 Å². The maximum absolute atomic E-state index is 12.9. The maximum atomic E-state index is 12.9. The molecule has 37 heavy (non-hydrogen) atoms. The monoisotopic (exact) mass is 534 g/mol. The van der Waals surface area contributed by atoms with Gasteiger partial charge in [0.25, 0.3) is 0 Å². The number of hydrogen-bond acceptors (Lipinski definition) is 9. The molecule has 10 heteroatoms. The smallest absolute Gasteiger partial charge is 0.177 e. The quantitative estimate of drug-likeness (QED) is 0.466. The van der Waals surface area contributed by atoms with Crippen molar-refractivity contribution < 1.29 is 8.42 Å². The third-order valence-corrected chi connectivity index (χ3v) is 8.68. The highest BCUT2D eigenvalue weighted by Crippen LogP contribution is 2.39. The van der Waals surface area contributed by atoms with Gasteiger partial charge < -0.3 is 5.32 Å². The fourth-order valence-electron chi connectivity index (χ4n) is 4.57. The molecule has 0 bridgehead atoms.